The van der Waals surface area contributed by atoms with Crippen LogP contribution < -0.4 is 10.2 Å². The van der Waals surface area contributed by atoms with E-state index in [9.17, 15) is 10.1 Å². The maximum Gasteiger partial charge on any atom is 0.251 e. The molecule has 2 atom stereocenters. The lowest BCUT2D eigenvalue weighted by Gasteiger charge is -2.37. The first-order valence-electron chi connectivity index (χ1n) is 9.54. The van der Waals surface area contributed by atoms with Crippen LogP contribution in [0.15, 0.2) is 24.5 Å². The highest BCUT2D eigenvalue weighted by molar-refractivity contribution is 5.94. The van der Waals surface area contributed by atoms with Gasteiger partial charge in [0.15, 0.2) is 11.8 Å². The Morgan fingerprint density at radius 1 is 1.46 bits per heavy atom. The van der Waals surface area contributed by atoms with Crippen LogP contribution in [0.2, 0.25) is 0 Å². The van der Waals surface area contributed by atoms with Crippen LogP contribution in [0.5, 0.6) is 0 Å². The smallest absolute Gasteiger partial charge is 0.251 e. The maximum atomic E-state index is 12.6. The predicted molar refractivity (Wildman–Crippen MR) is 107 cm³/mol. The Bertz CT molecular complexity index is 881. The van der Waals surface area contributed by atoms with Crippen LogP contribution in [0.3, 0.4) is 0 Å². The molecular formula is C20H26N6O2. The second kappa shape index (κ2) is 8.95. The molecule has 148 valence electrons. The third-order valence-corrected chi connectivity index (χ3v) is 4.96. The summed E-state index contributed by atoms with van der Waals surface area (Å²) in [6.45, 7) is 7.42. The van der Waals surface area contributed by atoms with Gasteiger partial charge in [0.2, 0.25) is 0 Å². The fourth-order valence-corrected chi connectivity index (χ4v) is 3.33. The van der Waals surface area contributed by atoms with Crippen molar-refractivity contribution in [2.24, 2.45) is 0 Å². The number of carbonyl (C=O) groups excluding carboxylic acids is 1. The van der Waals surface area contributed by atoms with Crippen LogP contribution in [0.1, 0.15) is 19.5 Å². The van der Waals surface area contributed by atoms with E-state index in [0.29, 0.717) is 30.8 Å². The molecule has 2 unspecified atom stereocenters. The van der Waals surface area contributed by atoms with Crippen molar-refractivity contribution in [3.8, 4) is 6.07 Å². The van der Waals surface area contributed by atoms with Crippen LogP contribution >= 0.6 is 0 Å². The van der Waals surface area contributed by atoms with Gasteiger partial charge in [-0.25, -0.2) is 4.98 Å². The summed E-state index contributed by atoms with van der Waals surface area (Å²) < 4.78 is 5.88. The quantitative estimate of drug-likeness (QED) is 0.801. The summed E-state index contributed by atoms with van der Waals surface area (Å²) in [6, 6.07) is 5.85. The summed E-state index contributed by atoms with van der Waals surface area (Å²) in [5.41, 5.74) is 1.74. The highest BCUT2D eigenvalue weighted by Crippen LogP contribution is 2.28. The number of nitriles is 1. The molecule has 1 aliphatic heterocycles. The summed E-state index contributed by atoms with van der Waals surface area (Å²) in [6.07, 6.45) is 2.68. The number of morpholine rings is 1. The molecule has 1 saturated heterocycles. The van der Waals surface area contributed by atoms with E-state index in [1.807, 2.05) is 26.1 Å². The van der Waals surface area contributed by atoms with Gasteiger partial charge in [-0.15, -0.1) is 0 Å². The molecule has 3 rings (SSSR count). The van der Waals surface area contributed by atoms with Crippen LogP contribution in [0.4, 0.5) is 5.69 Å². The first kappa shape index (κ1) is 20.0. The Hall–Kier alpha value is -2.76. The van der Waals surface area contributed by atoms with Crippen LogP contribution in [-0.2, 0) is 9.53 Å². The number of anilines is 1. The normalized spacial score (nSPS) is 19.6. The van der Waals surface area contributed by atoms with E-state index in [-0.39, 0.29) is 12.0 Å². The minimum Gasteiger partial charge on any atom is -0.364 e. The highest BCUT2D eigenvalue weighted by Gasteiger charge is 2.31. The second-order valence-electron chi connectivity index (χ2n) is 7.03. The zero-order valence-electron chi connectivity index (χ0n) is 16.6. The van der Waals surface area contributed by atoms with Gasteiger partial charge in [0.25, 0.3) is 5.91 Å². The van der Waals surface area contributed by atoms with Crippen LogP contribution in [0, 0.1) is 11.3 Å². The molecule has 0 aliphatic carbocycles. The van der Waals surface area contributed by atoms with Crippen molar-refractivity contribution < 1.29 is 9.53 Å². The molecule has 28 heavy (non-hydrogen) atoms. The lowest BCUT2D eigenvalue weighted by Crippen LogP contribution is -2.53. The summed E-state index contributed by atoms with van der Waals surface area (Å²) in [5.74, 6) is -0.106. The van der Waals surface area contributed by atoms with Crippen molar-refractivity contribution in [2.45, 2.75) is 26.1 Å². The number of hydrogen-bond acceptors (Lipinski definition) is 7. The molecule has 2 aromatic rings. The van der Waals surface area contributed by atoms with Gasteiger partial charge in [0.05, 0.1) is 24.5 Å². The molecular weight excluding hydrogens is 356 g/mol. The lowest BCUT2D eigenvalue weighted by atomic mass is 10.1. The van der Waals surface area contributed by atoms with E-state index < -0.39 is 6.10 Å². The van der Waals surface area contributed by atoms with Crippen LogP contribution in [0.25, 0.3) is 10.9 Å². The molecule has 8 nitrogen and oxygen atoms in total. The number of pyridine rings is 2. The van der Waals surface area contributed by atoms with Gasteiger partial charge in [-0.2, -0.15) is 5.26 Å². The fourth-order valence-electron chi connectivity index (χ4n) is 3.33. The number of carbonyl (C=O) groups is 1. The van der Waals surface area contributed by atoms with Crippen LogP contribution in [-0.4, -0.2) is 72.8 Å². The molecule has 0 bridgehead atoms. The summed E-state index contributed by atoms with van der Waals surface area (Å²) in [7, 11) is 2.02. The van der Waals surface area contributed by atoms with Crippen molar-refractivity contribution >= 4 is 22.5 Å². The molecule has 0 aromatic carbocycles. The number of likely N-dealkylation sites (N-methyl/N-ethyl adjacent to an activating group) is 1. The average molecular weight is 382 g/mol. The van der Waals surface area contributed by atoms with Gasteiger partial charge in [-0.3, -0.25) is 9.78 Å². The third-order valence-electron chi connectivity index (χ3n) is 4.96. The number of ether oxygens (including phenoxy) is 1. The molecule has 0 spiro atoms. The van der Waals surface area contributed by atoms with Gasteiger partial charge >= 0.3 is 0 Å². The predicted octanol–water partition coefficient (Wildman–Crippen LogP) is 1.16. The number of amides is 1. The van der Waals surface area contributed by atoms with E-state index in [0.717, 1.165) is 24.2 Å². The molecule has 0 radical (unpaired) electrons. The number of nitrogens with one attached hydrogen (secondary N) is 1. The number of nitrogens with zero attached hydrogens (tertiary/aromatic N) is 5. The summed E-state index contributed by atoms with van der Waals surface area (Å²) in [4.78, 5) is 25.4. The average Bonchev–Trinajstić information content (AvgIpc) is 2.72. The number of hydrogen-bond donors (Lipinski definition) is 1. The van der Waals surface area contributed by atoms with Gasteiger partial charge in [0, 0.05) is 31.2 Å². The molecule has 1 N–H and O–H groups in total. The Labute approximate surface area is 165 Å². The molecule has 8 heteroatoms. The van der Waals surface area contributed by atoms with Crippen molar-refractivity contribution in [1.29, 1.82) is 5.26 Å². The van der Waals surface area contributed by atoms with Gasteiger partial charge in [-0.1, -0.05) is 6.92 Å². The Balaban J connectivity index is 1.77. The van der Waals surface area contributed by atoms with E-state index in [2.05, 4.69) is 38.1 Å². The largest absolute Gasteiger partial charge is 0.364 e. The molecule has 3 heterocycles. The number of rotatable bonds is 6. The number of aromatic nitrogens is 2. The van der Waals surface area contributed by atoms with E-state index in [4.69, 9.17) is 4.74 Å². The number of fused-ring (bicyclic) bond motifs is 1. The van der Waals surface area contributed by atoms with Gasteiger partial charge in [-0.05, 0) is 32.6 Å². The summed E-state index contributed by atoms with van der Waals surface area (Å²) in [5, 5.41) is 13.1. The van der Waals surface area contributed by atoms with E-state index >= 15 is 0 Å². The van der Waals surface area contributed by atoms with Crippen molar-refractivity contribution in [3.63, 3.8) is 0 Å². The Morgan fingerprint density at radius 3 is 3.04 bits per heavy atom. The second-order valence-corrected chi connectivity index (χ2v) is 7.03. The molecule has 0 saturated carbocycles. The van der Waals surface area contributed by atoms with Crippen molar-refractivity contribution in [3.05, 3.63) is 30.2 Å². The topological polar surface area (TPSA) is 94.4 Å². The molecule has 2 aromatic heterocycles. The standard InChI is InChI=1S/C20H26N6O2/c1-4-25(3)9-8-23-20(27)18-13-26(12-14(2)28-18)17-11-24-16(10-21)19-15(17)6-5-7-22-19/h5-7,11,14,18H,4,8-9,12-13H2,1-3H3,(H,23,27). The van der Waals surface area contributed by atoms with E-state index in [1.54, 1.807) is 12.4 Å². The molecule has 1 fully saturated rings. The summed E-state index contributed by atoms with van der Waals surface area (Å²) >= 11 is 0. The maximum absolute atomic E-state index is 12.6. The molecule has 1 amide bonds. The van der Waals surface area contributed by atoms with Crippen molar-refractivity contribution in [2.75, 3.05) is 44.7 Å². The SMILES string of the molecule is CCN(C)CCNC(=O)C1CN(c2cnc(C#N)c3ncccc23)CC(C)O1. The lowest BCUT2D eigenvalue weighted by molar-refractivity contribution is -0.137. The van der Waals surface area contributed by atoms with Crippen molar-refractivity contribution in [1.82, 2.24) is 20.2 Å². The first-order valence-corrected chi connectivity index (χ1v) is 9.54. The Kier molecular flexibility index (Phi) is 6.39. The Morgan fingerprint density at radius 2 is 2.29 bits per heavy atom. The minimum atomic E-state index is -0.557. The minimum absolute atomic E-state index is 0.106. The highest BCUT2D eigenvalue weighted by atomic mass is 16.5. The zero-order chi connectivity index (χ0) is 20.1. The van der Waals surface area contributed by atoms with Gasteiger partial charge < -0.3 is 19.9 Å². The zero-order valence-corrected chi connectivity index (χ0v) is 16.6. The monoisotopic (exact) mass is 382 g/mol. The third kappa shape index (κ3) is 4.38. The van der Waals surface area contributed by atoms with Gasteiger partial charge in [0.1, 0.15) is 11.6 Å². The fraction of sp³-hybridized carbons (Fsp3) is 0.500. The van der Waals surface area contributed by atoms with E-state index in [1.165, 1.54) is 0 Å². The first-order chi connectivity index (χ1) is 13.5. The molecule has 1 aliphatic rings.